The van der Waals surface area contributed by atoms with Crippen LogP contribution < -0.4 is 22.3 Å². The zero-order valence-corrected chi connectivity index (χ0v) is 10.2. The van der Waals surface area contributed by atoms with Crippen molar-refractivity contribution < 1.29 is 9.90 Å². The third kappa shape index (κ3) is 3.31. The molecular weight excluding hydrogens is 236 g/mol. The summed E-state index contributed by atoms with van der Waals surface area (Å²) in [7, 11) is 1.49. The first-order valence-corrected chi connectivity index (χ1v) is 5.59. The first-order valence-electron chi connectivity index (χ1n) is 5.59. The number of carbonyl (C=O) groups excluding carboxylic acids is 1. The highest BCUT2D eigenvalue weighted by Crippen LogP contribution is 2.09. The molecule has 1 aromatic heterocycles. The zero-order valence-electron chi connectivity index (χ0n) is 10.2. The minimum atomic E-state index is -0.610. The second-order valence-corrected chi connectivity index (χ2v) is 4.03. The fraction of sp³-hybridized carbons (Fsp3) is 0.455. The van der Waals surface area contributed by atoms with Gasteiger partial charge in [0.15, 0.2) is 5.75 Å². The van der Waals surface area contributed by atoms with Gasteiger partial charge in [0.2, 0.25) is 0 Å². The molecule has 0 aliphatic rings. The normalized spacial score (nSPS) is 12.2. The van der Waals surface area contributed by atoms with Crippen molar-refractivity contribution in [1.29, 1.82) is 0 Å². The van der Waals surface area contributed by atoms with E-state index >= 15 is 0 Å². The number of rotatable bonds is 5. The lowest BCUT2D eigenvalue weighted by molar-refractivity contribution is 0.0949. The third-order valence-electron chi connectivity index (χ3n) is 2.59. The van der Waals surface area contributed by atoms with E-state index in [0.717, 1.165) is 0 Å². The summed E-state index contributed by atoms with van der Waals surface area (Å²) in [5, 5.41) is 12.1. The van der Waals surface area contributed by atoms with Crippen LogP contribution in [0, 0.1) is 0 Å². The van der Waals surface area contributed by atoms with Crippen LogP contribution in [0.4, 0.5) is 0 Å². The zero-order chi connectivity index (χ0) is 13.7. The summed E-state index contributed by atoms with van der Waals surface area (Å²) in [5.74, 6) is -1.06. The number of aromatic hydroxyl groups is 1. The van der Waals surface area contributed by atoms with Crippen molar-refractivity contribution in [3.63, 3.8) is 0 Å². The number of aromatic nitrogens is 1. The molecule has 1 aromatic rings. The van der Waals surface area contributed by atoms with Gasteiger partial charge in [0, 0.05) is 32.4 Å². The lowest BCUT2D eigenvalue weighted by Crippen LogP contribution is -2.35. The average Bonchev–Trinajstić information content (AvgIpc) is 2.35. The van der Waals surface area contributed by atoms with Crippen molar-refractivity contribution in [3.8, 4) is 5.75 Å². The van der Waals surface area contributed by atoms with E-state index in [2.05, 4.69) is 5.32 Å². The number of nitrogens with one attached hydrogen (secondary N) is 1. The van der Waals surface area contributed by atoms with Gasteiger partial charge >= 0.3 is 0 Å². The SMILES string of the molecule is Cn1ccc(C(=O)NCCC(N)CN)c(O)c1=O. The van der Waals surface area contributed by atoms with E-state index in [1.54, 1.807) is 0 Å². The van der Waals surface area contributed by atoms with Gasteiger partial charge in [-0.1, -0.05) is 0 Å². The topological polar surface area (TPSA) is 123 Å². The molecule has 0 radical (unpaired) electrons. The van der Waals surface area contributed by atoms with E-state index in [1.807, 2.05) is 0 Å². The fourth-order valence-corrected chi connectivity index (χ4v) is 1.38. The Labute approximate surface area is 104 Å². The number of aryl methyl sites for hydroxylation is 1. The van der Waals surface area contributed by atoms with Gasteiger partial charge in [-0.3, -0.25) is 9.59 Å². The Kier molecular flexibility index (Phi) is 4.87. The number of hydrogen-bond donors (Lipinski definition) is 4. The van der Waals surface area contributed by atoms with Crippen molar-refractivity contribution in [2.75, 3.05) is 13.1 Å². The van der Waals surface area contributed by atoms with Crippen molar-refractivity contribution in [2.45, 2.75) is 12.5 Å². The highest BCUT2D eigenvalue weighted by molar-refractivity contribution is 5.96. The Morgan fingerprint density at radius 1 is 1.61 bits per heavy atom. The predicted molar refractivity (Wildman–Crippen MR) is 67.3 cm³/mol. The van der Waals surface area contributed by atoms with Crippen molar-refractivity contribution in [3.05, 3.63) is 28.2 Å². The van der Waals surface area contributed by atoms with Crippen molar-refractivity contribution in [1.82, 2.24) is 9.88 Å². The molecule has 7 heteroatoms. The fourth-order valence-electron chi connectivity index (χ4n) is 1.38. The summed E-state index contributed by atoms with van der Waals surface area (Å²) in [6, 6.07) is 1.21. The lowest BCUT2D eigenvalue weighted by Gasteiger charge is -2.10. The van der Waals surface area contributed by atoms with Crippen LogP contribution in [0.15, 0.2) is 17.1 Å². The molecule has 6 N–H and O–H groups in total. The number of carbonyl (C=O) groups is 1. The molecule has 100 valence electrons. The summed E-state index contributed by atoms with van der Waals surface area (Å²) in [4.78, 5) is 23.1. The van der Waals surface area contributed by atoms with Crippen LogP contribution in [0.25, 0.3) is 0 Å². The maximum Gasteiger partial charge on any atom is 0.293 e. The van der Waals surface area contributed by atoms with Gasteiger partial charge in [0.05, 0.1) is 5.56 Å². The quantitative estimate of drug-likeness (QED) is 0.509. The van der Waals surface area contributed by atoms with Gasteiger partial charge in [-0.15, -0.1) is 0 Å². The number of nitrogens with two attached hydrogens (primary N) is 2. The lowest BCUT2D eigenvalue weighted by atomic mass is 10.2. The van der Waals surface area contributed by atoms with Crippen LogP contribution in [0.2, 0.25) is 0 Å². The predicted octanol–water partition coefficient (Wildman–Crippen LogP) is -1.50. The Morgan fingerprint density at radius 2 is 2.28 bits per heavy atom. The molecule has 0 aliphatic heterocycles. The summed E-state index contributed by atoms with van der Waals surface area (Å²) >= 11 is 0. The van der Waals surface area contributed by atoms with Gasteiger partial charge in [0.1, 0.15) is 0 Å². The number of amides is 1. The molecule has 0 fully saturated rings. The summed E-state index contributed by atoms with van der Waals surface area (Å²) in [6.07, 6.45) is 1.95. The van der Waals surface area contributed by atoms with Crippen LogP contribution >= 0.6 is 0 Å². The maximum atomic E-state index is 11.7. The van der Waals surface area contributed by atoms with E-state index in [-0.39, 0.29) is 11.6 Å². The molecule has 1 heterocycles. The van der Waals surface area contributed by atoms with Crippen LogP contribution in [0.3, 0.4) is 0 Å². The average molecular weight is 254 g/mol. The smallest absolute Gasteiger partial charge is 0.293 e. The molecule has 0 aliphatic carbocycles. The van der Waals surface area contributed by atoms with E-state index in [0.29, 0.717) is 19.5 Å². The molecule has 1 atom stereocenters. The standard InChI is InChI=1S/C11H18N4O3/c1-15-5-3-8(9(16)11(15)18)10(17)14-4-2-7(13)6-12/h3,5,7,16H,2,4,6,12-13H2,1H3,(H,14,17). The second-order valence-electron chi connectivity index (χ2n) is 4.03. The van der Waals surface area contributed by atoms with Gasteiger partial charge in [-0.2, -0.15) is 0 Å². The van der Waals surface area contributed by atoms with E-state index in [9.17, 15) is 14.7 Å². The number of pyridine rings is 1. The molecule has 1 rings (SSSR count). The molecule has 0 bridgehead atoms. The minimum Gasteiger partial charge on any atom is -0.502 e. The van der Waals surface area contributed by atoms with E-state index in [1.165, 1.54) is 23.9 Å². The molecule has 1 amide bonds. The molecule has 1 unspecified atom stereocenters. The monoisotopic (exact) mass is 254 g/mol. The Balaban J connectivity index is 2.68. The largest absolute Gasteiger partial charge is 0.502 e. The Bertz CT molecular complexity index is 484. The molecule has 18 heavy (non-hydrogen) atoms. The van der Waals surface area contributed by atoms with Crippen molar-refractivity contribution in [2.24, 2.45) is 18.5 Å². The molecule has 0 saturated carbocycles. The molecule has 0 spiro atoms. The first kappa shape index (κ1) is 14.2. The summed E-state index contributed by atoms with van der Waals surface area (Å²) in [5.41, 5.74) is 10.3. The second kappa shape index (κ2) is 6.18. The summed E-state index contributed by atoms with van der Waals surface area (Å²) < 4.78 is 1.19. The van der Waals surface area contributed by atoms with Crippen LogP contribution in [-0.4, -0.2) is 34.7 Å². The van der Waals surface area contributed by atoms with Gasteiger partial charge < -0.3 is 26.5 Å². The van der Waals surface area contributed by atoms with Crippen molar-refractivity contribution >= 4 is 5.91 Å². The highest BCUT2D eigenvalue weighted by atomic mass is 16.3. The highest BCUT2D eigenvalue weighted by Gasteiger charge is 2.14. The first-order chi connectivity index (χ1) is 8.47. The van der Waals surface area contributed by atoms with Gasteiger partial charge in [-0.25, -0.2) is 0 Å². The molecule has 0 saturated heterocycles. The Hall–Kier alpha value is -1.86. The number of nitrogens with zero attached hydrogens (tertiary/aromatic N) is 1. The molecule has 7 nitrogen and oxygen atoms in total. The molecular formula is C11H18N4O3. The van der Waals surface area contributed by atoms with E-state index < -0.39 is 17.2 Å². The van der Waals surface area contributed by atoms with Gasteiger partial charge in [0.25, 0.3) is 11.5 Å². The minimum absolute atomic E-state index is 0.0422. The maximum absolute atomic E-state index is 11.7. The van der Waals surface area contributed by atoms with Gasteiger partial charge in [-0.05, 0) is 12.5 Å². The number of hydrogen-bond acceptors (Lipinski definition) is 5. The van der Waals surface area contributed by atoms with Crippen LogP contribution in [0.1, 0.15) is 16.8 Å². The summed E-state index contributed by atoms with van der Waals surface area (Å²) in [6.45, 7) is 0.679. The Morgan fingerprint density at radius 3 is 2.89 bits per heavy atom. The molecule has 0 aromatic carbocycles. The van der Waals surface area contributed by atoms with E-state index in [4.69, 9.17) is 11.5 Å². The van der Waals surface area contributed by atoms with Crippen LogP contribution in [-0.2, 0) is 7.05 Å². The van der Waals surface area contributed by atoms with Crippen LogP contribution in [0.5, 0.6) is 5.75 Å². The third-order valence-corrected chi connectivity index (χ3v) is 2.59.